The van der Waals surface area contributed by atoms with Gasteiger partial charge in [-0.2, -0.15) is 5.10 Å². The fourth-order valence-corrected chi connectivity index (χ4v) is 1.70. The number of carbonyl (C=O) groups excluding carboxylic acids is 1. The standard InChI is InChI=1S/C10H13N3O3/c1-6-5-7(11-12(6)2)9(14)13-4-3-8(13)10(15)16/h5,8H,3-4H2,1-2H3,(H,15,16)/t8-/m0/s1. The topological polar surface area (TPSA) is 75.4 Å². The van der Waals surface area contributed by atoms with Gasteiger partial charge in [-0.25, -0.2) is 4.79 Å². The lowest BCUT2D eigenvalue weighted by molar-refractivity contribution is -0.146. The molecule has 0 unspecified atom stereocenters. The van der Waals surface area contributed by atoms with Gasteiger partial charge in [0, 0.05) is 19.3 Å². The van der Waals surface area contributed by atoms with E-state index in [0.717, 1.165) is 5.69 Å². The molecule has 2 rings (SSSR count). The van der Waals surface area contributed by atoms with Crippen LogP contribution in [-0.4, -0.2) is 44.3 Å². The molecule has 1 atom stereocenters. The van der Waals surface area contributed by atoms with E-state index in [1.54, 1.807) is 17.8 Å². The number of carbonyl (C=O) groups is 2. The van der Waals surface area contributed by atoms with Crippen molar-refractivity contribution >= 4 is 11.9 Å². The van der Waals surface area contributed by atoms with Crippen molar-refractivity contribution in [2.24, 2.45) is 7.05 Å². The van der Waals surface area contributed by atoms with Crippen molar-refractivity contribution in [3.05, 3.63) is 17.5 Å². The highest BCUT2D eigenvalue weighted by Crippen LogP contribution is 2.20. The van der Waals surface area contributed by atoms with Crippen LogP contribution >= 0.6 is 0 Å². The number of hydrogen-bond donors (Lipinski definition) is 1. The first-order valence-electron chi connectivity index (χ1n) is 5.05. The van der Waals surface area contributed by atoms with Gasteiger partial charge in [-0.15, -0.1) is 0 Å². The molecule has 6 heteroatoms. The normalized spacial score (nSPS) is 19.4. The summed E-state index contributed by atoms with van der Waals surface area (Å²) in [5.74, 6) is -1.25. The molecule has 1 aliphatic rings. The summed E-state index contributed by atoms with van der Waals surface area (Å²) in [6, 6.07) is 0.981. The Hall–Kier alpha value is -1.85. The minimum absolute atomic E-state index is 0.303. The summed E-state index contributed by atoms with van der Waals surface area (Å²) < 4.78 is 1.60. The van der Waals surface area contributed by atoms with E-state index in [0.29, 0.717) is 18.7 Å². The number of amides is 1. The molecule has 1 aromatic rings. The molecular formula is C10H13N3O3. The Kier molecular flexibility index (Phi) is 2.41. The number of carboxylic acids is 1. The first-order chi connectivity index (χ1) is 7.50. The summed E-state index contributed by atoms with van der Waals surface area (Å²) in [4.78, 5) is 24.0. The molecule has 1 saturated heterocycles. The second kappa shape index (κ2) is 3.62. The summed E-state index contributed by atoms with van der Waals surface area (Å²) in [5, 5.41) is 12.9. The third-order valence-corrected chi connectivity index (χ3v) is 2.90. The van der Waals surface area contributed by atoms with Crippen LogP contribution in [0.2, 0.25) is 0 Å². The Morgan fingerprint density at radius 1 is 1.56 bits per heavy atom. The van der Waals surface area contributed by atoms with Crippen LogP contribution in [0.3, 0.4) is 0 Å². The van der Waals surface area contributed by atoms with Gasteiger partial charge >= 0.3 is 5.97 Å². The van der Waals surface area contributed by atoms with E-state index in [4.69, 9.17) is 5.11 Å². The quantitative estimate of drug-likeness (QED) is 0.767. The minimum atomic E-state index is -0.952. The molecule has 0 aromatic carbocycles. The van der Waals surface area contributed by atoms with Crippen LogP contribution in [0.15, 0.2) is 6.07 Å². The lowest BCUT2D eigenvalue weighted by Gasteiger charge is -2.37. The van der Waals surface area contributed by atoms with Gasteiger partial charge < -0.3 is 10.0 Å². The van der Waals surface area contributed by atoms with Gasteiger partial charge in [-0.3, -0.25) is 9.48 Å². The van der Waals surface area contributed by atoms with Crippen LogP contribution in [0.5, 0.6) is 0 Å². The molecule has 1 amide bonds. The molecular weight excluding hydrogens is 210 g/mol. The molecule has 1 N–H and O–H groups in total. The number of nitrogens with zero attached hydrogens (tertiary/aromatic N) is 3. The molecule has 0 radical (unpaired) electrons. The summed E-state index contributed by atoms with van der Waals surface area (Å²) in [6.45, 7) is 2.33. The Balaban J connectivity index is 2.17. The number of aliphatic carboxylic acids is 1. The van der Waals surface area contributed by atoms with E-state index < -0.39 is 12.0 Å². The number of hydrogen-bond acceptors (Lipinski definition) is 3. The van der Waals surface area contributed by atoms with Gasteiger partial charge in [0.05, 0.1) is 0 Å². The van der Waals surface area contributed by atoms with Crippen molar-refractivity contribution < 1.29 is 14.7 Å². The average molecular weight is 223 g/mol. The van der Waals surface area contributed by atoms with E-state index in [9.17, 15) is 9.59 Å². The fourth-order valence-electron chi connectivity index (χ4n) is 1.70. The zero-order valence-electron chi connectivity index (χ0n) is 9.17. The van der Waals surface area contributed by atoms with Crippen LogP contribution in [0, 0.1) is 6.92 Å². The summed E-state index contributed by atoms with van der Waals surface area (Å²) in [5.41, 5.74) is 1.18. The summed E-state index contributed by atoms with van der Waals surface area (Å²) in [6.07, 6.45) is 0.521. The van der Waals surface area contributed by atoms with Crippen LogP contribution in [-0.2, 0) is 11.8 Å². The molecule has 86 valence electrons. The Morgan fingerprint density at radius 2 is 2.25 bits per heavy atom. The molecule has 0 bridgehead atoms. The predicted octanol–water partition coefficient (Wildman–Crippen LogP) is 0.0276. The van der Waals surface area contributed by atoms with Gasteiger partial charge in [0.1, 0.15) is 6.04 Å². The second-order valence-corrected chi connectivity index (χ2v) is 3.94. The Morgan fingerprint density at radius 3 is 2.62 bits per heavy atom. The number of likely N-dealkylation sites (tertiary alicyclic amines) is 1. The van der Waals surface area contributed by atoms with Crippen molar-refractivity contribution in [1.82, 2.24) is 14.7 Å². The maximum atomic E-state index is 11.9. The maximum absolute atomic E-state index is 11.9. The van der Waals surface area contributed by atoms with E-state index in [2.05, 4.69) is 5.10 Å². The van der Waals surface area contributed by atoms with Gasteiger partial charge in [0.15, 0.2) is 5.69 Å². The summed E-state index contributed by atoms with van der Waals surface area (Å²) >= 11 is 0. The van der Waals surface area contributed by atoms with Crippen molar-refractivity contribution in [1.29, 1.82) is 0 Å². The van der Waals surface area contributed by atoms with Gasteiger partial charge in [0.2, 0.25) is 0 Å². The molecule has 0 saturated carbocycles. The van der Waals surface area contributed by atoms with Crippen LogP contribution < -0.4 is 0 Å². The molecule has 0 aliphatic carbocycles. The van der Waals surface area contributed by atoms with E-state index in [1.165, 1.54) is 4.90 Å². The van der Waals surface area contributed by atoms with Crippen molar-refractivity contribution in [3.63, 3.8) is 0 Å². The van der Waals surface area contributed by atoms with Crippen LogP contribution in [0.1, 0.15) is 22.6 Å². The Bertz CT molecular complexity index is 433. The molecule has 0 spiro atoms. The molecule has 2 heterocycles. The van der Waals surface area contributed by atoms with E-state index in [1.807, 2.05) is 6.92 Å². The maximum Gasteiger partial charge on any atom is 0.326 e. The summed E-state index contributed by atoms with van der Waals surface area (Å²) in [7, 11) is 1.75. The number of rotatable bonds is 2. The molecule has 1 aliphatic heterocycles. The first-order valence-corrected chi connectivity index (χ1v) is 5.05. The average Bonchev–Trinajstić information content (AvgIpc) is 2.44. The largest absolute Gasteiger partial charge is 0.480 e. The smallest absolute Gasteiger partial charge is 0.326 e. The highest BCUT2D eigenvalue weighted by molar-refractivity contribution is 5.96. The van der Waals surface area contributed by atoms with Crippen molar-refractivity contribution in [2.75, 3.05) is 6.54 Å². The molecule has 16 heavy (non-hydrogen) atoms. The fraction of sp³-hybridized carbons (Fsp3) is 0.500. The lowest BCUT2D eigenvalue weighted by atomic mass is 10.0. The van der Waals surface area contributed by atoms with Crippen LogP contribution in [0.25, 0.3) is 0 Å². The lowest BCUT2D eigenvalue weighted by Crippen LogP contribution is -2.55. The van der Waals surface area contributed by atoms with Crippen molar-refractivity contribution in [2.45, 2.75) is 19.4 Å². The minimum Gasteiger partial charge on any atom is -0.480 e. The third kappa shape index (κ3) is 1.56. The number of aromatic nitrogens is 2. The second-order valence-electron chi connectivity index (χ2n) is 3.94. The third-order valence-electron chi connectivity index (χ3n) is 2.90. The number of aryl methyl sites for hydroxylation is 2. The van der Waals surface area contributed by atoms with E-state index >= 15 is 0 Å². The number of carboxylic acid groups (broad SMARTS) is 1. The highest BCUT2D eigenvalue weighted by Gasteiger charge is 2.38. The molecule has 1 aromatic heterocycles. The monoisotopic (exact) mass is 223 g/mol. The first kappa shape index (κ1) is 10.7. The zero-order chi connectivity index (χ0) is 11.9. The zero-order valence-corrected chi connectivity index (χ0v) is 9.17. The van der Waals surface area contributed by atoms with Gasteiger partial charge in [0.25, 0.3) is 5.91 Å². The Labute approximate surface area is 92.5 Å². The van der Waals surface area contributed by atoms with Gasteiger partial charge in [-0.05, 0) is 19.4 Å². The molecule has 1 fully saturated rings. The van der Waals surface area contributed by atoms with Gasteiger partial charge in [-0.1, -0.05) is 0 Å². The predicted molar refractivity (Wildman–Crippen MR) is 55.0 cm³/mol. The van der Waals surface area contributed by atoms with E-state index in [-0.39, 0.29) is 5.91 Å². The van der Waals surface area contributed by atoms with Crippen LogP contribution in [0.4, 0.5) is 0 Å². The highest BCUT2D eigenvalue weighted by atomic mass is 16.4. The van der Waals surface area contributed by atoms with Crippen molar-refractivity contribution in [3.8, 4) is 0 Å². The molecule has 6 nitrogen and oxygen atoms in total. The SMILES string of the molecule is Cc1cc(C(=O)N2CC[C@H]2C(=O)O)nn1C.